The van der Waals surface area contributed by atoms with Crippen molar-refractivity contribution in [3.63, 3.8) is 0 Å². The smallest absolute Gasteiger partial charge is 0.117 e. The maximum atomic E-state index is 5.50. The van der Waals surface area contributed by atoms with Gasteiger partial charge in [-0.3, -0.25) is 9.88 Å². The van der Waals surface area contributed by atoms with Crippen LogP contribution in [0, 0.1) is 13.8 Å². The van der Waals surface area contributed by atoms with Gasteiger partial charge in [-0.2, -0.15) is 0 Å². The molecule has 1 fully saturated rings. The molecule has 3 aromatic rings. The molecule has 1 N–H and O–H groups in total. The molecule has 1 aliphatic rings. The van der Waals surface area contributed by atoms with Gasteiger partial charge in [-0.05, 0) is 61.6 Å². The normalized spacial score (nSPS) is 16.9. The first-order chi connectivity index (χ1) is 13.7. The van der Waals surface area contributed by atoms with Gasteiger partial charge in [0.25, 0.3) is 0 Å². The Labute approximate surface area is 167 Å². The molecule has 28 heavy (non-hydrogen) atoms. The first-order valence-electron chi connectivity index (χ1n) is 10.2. The van der Waals surface area contributed by atoms with Crippen molar-refractivity contribution in [3.8, 4) is 0 Å². The van der Waals surface area contributed by atoms with E-state index < -0.39 is 0 Å². The number of furan rings is 1. The molecule has 1 atom stereocenters. The van der Waals surface area contributed by atoms with E-state index in [1.54, 1.807) is 6.26 Å². The van der Waals surface area contributed by atoms with Gasteiger partial charge in [-0.1, -0.05) is 29.8 Å². The van der Waals surface area contributed by atoms with Gasteiger partial charge in [0.1, 0.15) is 5.76 Å². The van der Waals surface area contributed by atoms with Crippen LogP contribution in [-0.4, -0.2) is 29.0 Å². The molecular formula is C24H29N3O. The highest BCUT2D eigenvalue weighted by molar-refractivity contribution is 5.38. The fourth-order valence-corrected chi connectivity index (χ4v) is 4.18. The Kier molecular flexibility index (Phi) is 5.89. The molecule has 1 aliphatic heterocycles. The van der Waals surface area contributed by atoms with E-state index in [-0.39, 0.29) is 6.04 Å². The standard InChI is InChI=1S/C24H29N3O/c1-18-7-8-23(19(2)15-18)24(20-5-3-11-25-16-20)26-21-9-12-27(13-10-21)17-22-6-4-14-28-22/h3-8,11,14-16,21,24,26H,9-10,12-13,17H2,1-2H3. The van der Waals surface area contributed by atoms with E-state index in [2.05, 4.69) is 59.4 Å². The van der Waals surface area contributed by atoms with Crippen LogP contribution in [-0.2, 0) is 6.54 Å². The number of hydrogen-bond donors (Lipinski definition) is 1. The van der Waals surface area contributed by atoms with E-state index in [1.165, 1.54) is 22.3 Å². The van der Waals surface area contributed by atoms with E-state index in [4.69, 9.17) is 4.42 Å². The summed E-state index contributed by atoms with van der Waals surface area (Å²) in [5.74, 6) is 1.05. The van der Waals surface area contributed by atoms with Gasteiger partial charge >= 0.3 is 0 Å². The molecule has 1 aromatic carbocycles. The summed E-state index contributed by atoms with van der Waals surface area (Å²) in [5.41, 5.74) is 5.21. The fraction of sp³-hybridized carbons (Fsp3) is 0.375. The lowest BCUT2D eigenvalue weighted by atomic mass is 9.92. The Balaban J connectivity index is 1.46. The van der Waals surface area contributed by atoms with Crippen LogP contribution in [0.3, 0.4) is 0 Å². The SMILES string of the molecule is Cc1ccc(C(NC2CCN(Cc3ccco3)CC2)c2cccnc2)c(C)c1. The number of likely N-dealkylation sites (tertiary alicyclic amines) is 1. The molecule has 0 radical (unpaired) electrons. The summed E-state index contributed by atoms with van der Waals surface area (Å²) in [4.78, 5) is 6.85. The topological polar surface area (TPSA) is 41.3 Å². The zero-order valence-electron chi connectivity index (χ0n) is 16.8. The van der Waals surface area contributed by atoms with Gasteiger partial charge in [0, 0.05) is 31.5 Å². The quantitative estimate of drug-likeness (QED) is 0.682. The molecule has 1 saturated heterocycles. The summed E-state index contributed by atoms with van der Waals surface area (Å²) in [6.07, 6.45) is 7.87. The third-order valence-corrected chi connectivity index (χ3v) is 5.70. The molecule has 0 amide bonds. The Morgan fingerprint density at radius 2 is 2.00 bits per heavy atom. The Hall–Kier alpha value is -2.43. The molecule has 0 bridgehead atoms. The van der Waals surface area contributed by atoms with Crippen LogP contribution >= 0.6 is 0 Å². The summed E-state index contributed by atoms with van der Waals surface area (Å²) >= 11 is 0. The van der Waals surface area contributed by atoms with E-state index in [9.17, 15) is 0 Å². The van der Waals surface area contributed by atoms with Crippen LogP contribution in [0.1, 0.15) is 46.9 Å². The van der Waals surface area contributed by atoms with Gasteiger partial charge in [0.2, 0.25) is 0 Å². The molecule has 0 aliphatic carbocycles. The zero-order valence-corrected chi connectivity index (χ0v) is 16.8. The third-order valence-electron chi connectivity index (χ3n) is 5.70. The van der Waals surface area contributed by atoms with Gasteiger partial charge in [0.15, 0.2) is 0 Å². The number of hydrogen-bond acceptors (Lipinski definition) is 4. The van der Waals surface area contributed by atoms with Crippen LogP contribution in [0.4, 0.5) is 0 Å². The first kappa shape index (κ1) is 18.9. The molecule has 1 unspecified atom stereocenters. The highest BCUT2D eigenvalue weighted by Gasteiger charge is 2.24. The van der Waals surface area contributed by atoms with Gasteiger partial charge < -0.3 is 9.73 Å². The largest absolute Gasteiger partial charge is 0.468 e. The van der Waals surface area contributed by atoms with Crippen LogP contribution in [0.25, 0.3) is 0 Å². The number of aromatic nitrogens is 1. The average molecular weight is 376 g/mol. The van der Waals surface area contributed by atoms with Crippen molar-refractivity contribution in [3.05, 3.63) is 89.1 Å². The number of benzene rings is 1. The maximum Gasteiger partial charge on any atom is 0.117 e. The summed E-state index contributed by atoms with van der Waals surface area (Å²) in [5, 5.41) is 3.94. The zero-order chi connectivity index (χ0) is 19.3. The number of piperidine rings is 1. The maximum absolute atomic E-state index is 5.50. The van der Waals surface area contributed by atoms with Crippen molar-refractivity contribution in [2.24, 2.45) is 0 Å². The number of rotatable bonds is 6. The molecule has 4 rings (SSSR count). The molecular weight excluding hydrogens is 346 g/mol. The monoisotopic (exact) mass is 375 g/mol. The van der Waals surface area contributed by atoms with E-state index in [0.29, 0.717) is 6.04 Å². The second-order valence-electron chi connectivity index (χ2n) is 7.88. The summed E-state index contributed by atoms with van der Waals surface area (Å²) in [6.45, 7) is 7.44. The summed E-state index contributed by atoms with van der Waals surface area (Å²) in [6, 6.07) is 15.6. The lowest BCUT2D eigenvalue weighted by molar-refractivity contribution is 0.175. The van der Waals surface area contributed by atoms with Crippen molar-refractivity contribution in [1.29, 1.82) is 0 Å². The Morgan fingerprint density at radius 3 is 2.68 bits per heavy atom. The lowest BCUT2D eigenvalue weighted by Crippen LogP contribution is -2.43. The van der Waals surface area contributed by atoms with E-state index >= 15 is 0 Å². The second-order valence-corrected chi connectivity index (χ2v) is 7.88. The number of pyridine rings is 1. The summed E-state index contributed by atoms with van der Waals surface area (Å²) in [7, 11) is 0. The second kappa shape index (κ2) is 8.72. The van der Waals surface area contributed by atoms with Crippen molar-refractivity contribution < 1.29 is 4.42 Å². The van der Waals surface area contributed by atoms with Crippen LogP contribution in [0.15, 0.2) is 65.5 Å². The number of nitrogens with zero attached hydrogens (tertiary/aromatic N) is 2. The molecule has 2 aromatic heterocycles. The van der Waals surface area contributed by atoms with Crippen molar-refractivity contribution in [1.82, 2.24) is 15.2 Å². The fourth-order valence-electron chi connectivity index (χ4n) is 4.18. The minimum absolute atomic E-state index is 0.177. The van der Waals surface area contributed by atoms with Crippen molar-refractivity contribution in [2.75, 3.05) is 13.1 Å². The highest BCUT2D eigenvalue weighted by atomic mass is 16.3. The highest BCUT2D eigenvalue weighted by Crippen LogP contribution is 2.27. The van der Waals surface area contributed by atoms with Crippen LogP contribution in [0.5, 0.6) is 0 Å². The first-order valence-corrected chi connectivity index (χ1v) is 10.2. The number of nitrogens with one attached hydrogen (secondary N) is 1. The summed E-state index contributed by atoms with van der Waals surface area (Å²) < 4.78 is 5.50. The van der Waals surface area contributed by atoms with Crippen LogP contribution in [0.2, 0.25) is 0 Å². The molecule has 0 saturated carbocycles. The molecule has 4 nitrogen and oxygen atoms in total. The third kappa shape index (κ3) is 4.51. The lowest BCUT2D eigenvalue weighted by Gasteiger charge is -2.34. The Bertz CT molecular complexity index is 868. The predicted molar refractivity (Wildman–Crippen MR) is 112 cm³/mol. The van der Waals surface area contributed by atoms with E-state index in [0.717, 1.165) is 38.2 Å². The van der Waals surface area contributed by atoms with E-state index in [1.807, 2.05) is 24.5 Å². The van der Waals surface area contributed by atoms with Gasteiger partial charge in [-0.25, -0.2) is 0 Å². The Morgan fingerprint density at radius 1 is 1.14 bits per heavy atom. The van der Waals surface area contributed by atoms with Crippen LogP contribution < -0.4 is 5.32 Å². The molecule has 0 spiro atoms. The number of aryl methyl sites for hydroxylation is 2. The molecule has 4 heteroatoms. The molecule has 146 valence electrons. The average Bonchev–Trinajstić information content (AvgIpc) is 3.22. The predicted octanol–water partition coefficient (Wildman–Crippen LogP) is 4.64. The van der Waals surface area contributed by atoms with Gasteiger partial charge in [-0.15, -0.1) is 0 Å². The minimum Gasteiger partial charge on any atom is -0.468 e. The van der Waals surface area contributed by atoms with Crippen molar-refractivity contribution in [2.45, 2.75) is 45.3 Å². The minimum atomic E-state index is 0.177. The van der Waals surface area contributed by atoms with Gasteiger partial charge in [0.05, 0.1) is 18.8 Å². The van der Waals surface area contributed by atoms with Crippen molar-refractivity contribution >= 4 is 0 Å². The molecule has 3 heterocycles.